The van der Waals surface area contributed by atoms with E-state index < -0.39 is 0 Å². The molecule has 0 aromatic heterocycles. The standard InChI is InChI=1S/C17H18N2O/c1-2-16(19)15-5-3-4-6-17(15)20-12-14-9-7-13(11-18)8-10-14/h3-10,16H,2,12,19H2,1H3/t16-/m1/s1. The number of nitrogens with zero attached hydrogens (tertiary/aromatic N) is 1. The van der Waals surface area contributed by atoms with Crippen LogP contribution in [0.25, 0.3) is 0 Å². The highest BCUT2D eigenvalue weighted by molar-refractivity contribution is 5.36. The predicted molar refractivity (Wildman–Crippen MR) is 79.2 cm³/mol. The average Bonchev–Trinajstić information content (AvgIpc) is 2.53. The van der Waals surface area contributed by atoms with Gasteiger partial charge in [-0.1, -0.05) is 37.3 Å². The van der Waals surface area contributed by atoms with Gasteiger partial charge in [0.25, 0.3) is 0 Å². The molecule has 0 aliphatic carbocycles. The predicted octanol–water partition coefficient (Wildman–Crippen LogP) is 3.55. The summed E-state index contributed by atoms with van der Waals surface area (Å²) in [7, 11) is 0. The van der Waals surface area contributed by atoms with Crippen LogP contribution in [0.4, 0.5) is 0 Å². The van der Waals surface area contributed by atoms with Crippen molar-refractivity contribution in [3.8, 4) is 11.8 Å². The zero-order chi connectivity index (χ0) is 14.4. The number of rotatable bonds is 5. The van der Waals surface area contributed by atoms with E-state index in [1.54, 1.807) is 12.1 Å². The van der Waals surface area contributed by atoms with Crippen molar-refractivity contribution >= 4 is 0 Å². The molecule has 0 aliphatic heterocycles. The van der Waals surface area contributed by atoms with E-state index in [1.807, 2.05) is 36.4 Å². The molecule has 0 saturated carbocycles. The third-order valence-electron chi connectivity index (χ3n) is 3.24. The van der Waals surface area contributed by atoms with Gasteiger partial charge in [0.05, 0.1) is 11.6 Å². The zero-order valence-electron chi connectivity index (χ0n) is 11.5. The van der Waals surface area contributed by atoms with Crippen molar-refractivity contribution in [2.24, 2.45) is 5.73 Å². The fraction of sp³-hybridized carbons (Fsp3) is 0.235. The van der Waals surface area contributed by atoms with Crippen LogP contribution in [0.1, 0.15) is 36.1 Å². The van der Waals surface area contributed by atoms with Gasteiger partial charge < -0.3 is 10.5 Å². The second-order valence-electron chi connectivity index (χ2n) is 4.65. The first-order valence-electron chi connectivity index (χ1n) is 6.71. The number of para-hydroxylation sites is 1. The Balaban J connectivity index is 2.08. The molecular weight excluding hydrogens is 248 g/mol. The van der Waals surface area contributed by atoms with Crippen LogP contribution >= 0.6 is 0 Å². The van der Waals surface area contributed by atoms with Crippen LogP contribution in [0, 0.1) is 11.3 Å². The Hall–Kier alpha value is -2.31. The number of benzene rings is 2. The highest BCUT2D eigenvalue weighted by Crippen LogP contribution is 2.26. The molecule has 0 spiro atoms. The van der Waals surface area contributed by atoms with Gasteiger partial charge in [-0.05, 0) is 30.2 Å². The van der Waals surface area contributed by atoms with Crippen LogP contribution in [0.5, 0.6) is 5.75 Å². The number of nitrogens with two attached hydrogens (primary N) is 1. The second kappa shape index (κ2) is 6.74. The van der Waals surface area contributed by atoms with E-state index in [0.717, 1.165) is 23.3 Å². The first-order chi connectivity index (χ1) is 9.74. The highest BCUT2D eigenvalue weighted by Gasteiger charge is 2.09. The maximum Gasteiger partial charge on any atom is 0.124 e. The Kier molecular flexibility index (Phi) is 4.75. The van der Waals surface area contributed by atoms with Crippen LogP contribution in [-0.4, -0.2) is 0 Å². The summed E-state index contributed by atoms with van der Waals surface area (Å²) in [6, 6.07) is 17.3. The van der Waals surface area contributed by atoms with Crippen molar-refractivity contribution in [2.75, 3.05) is 0 Å². The summed E-state index contributed by atoms with van der Waals surface area (Å²) >= 11 is 0. The lowest BCUT2D eigenvalue weighted by Gasteiger charge is -2.15. The molecule has 2 aromatic carbocycles. The summed E-state index contributed by atoms with van der Waals surface area (Å²) in [4.78, 5) is 0. The Morgan fingerprint density at radius 1 is 1.15 bits per heavy atom. The molecule has 0 heterocycles. The van der Waals surface area contributed by atoms with E-state index in [1.165, 1.54) is 0 Å². The van der Waals surface area contributed by atoms with Crippen LogP contribution in [-0.2, 0) is 6.61 Å². The van der Waals surface area contributed by atoms with Gasteiger partial charge in [-0.3, -0.25) is 0 Å². The molecule has 3 heteroatoms. The van der Waals surface area contributed by atoms with E-state index in [2.05, 4.69) is 13.0 Å². The third-order valence-corrected chi connectivity index (χ3v) is 3.24. The number of hydrogen-bond acceptors (Lipinski definition) is 3. The van der Waals surface area contributed by atoms with Crippen LogP contribution < -0.4 is 10.5 Å². The summed E-state index contributed by atoms with van der Waals surface area (Å²) in [5.74, 6) is 0.825. The van der Waals surface area contributed by atoms with Gasteiger partial charge in [0.15, 0.2) is 0 Å². The van der Waals surface area contributed by atoms with E-state index >= 15 is 0 Å². The molecule has 2 rings (SSSR count). The van der Waals surface area contributed by atoms with Gasteiger partial charge in [-0.25, -0.2) is 0 Å². The first-order valence-corrected chi connectivity index (χ1v) is 6.71. The fourth-order valence-electron chi connectivity index (χ4n) is 1.97. The van der Waals surface area contributed by atoms with Gasteiger partial charge in [0, 0.05) is 11.6 Å². The van der Waals surface area contributed by atoms with Crippen LogP contribution in [0.2, 0.25) is 0 Å². The Labute approximate surface area is 119 Å². The number of ether oxygens (including phenoxy) is 1. The maximum atomic E-state index is 8.77. The molecule has 20 heavy (non-hydrogen) atoms. The van der Waals surface area contributed by atoms with Gasteiger partial charge in [0.1, 0.15) is 12.4 Å². The highest BCUT2D eigenvalue weighted by atomic mass is 16.5. The molecular formula is C17H18N2O. The minimum atomic E-state index is -0.00725. The molecule has 2 N–H and O–H groups in total. The van der Waals surface area contributed by atoms with E-state index in [4.69, 9.17) is 15.7 Å². The van der Waals surface area contributed by atoms with Crippen molar-refractivity contribution in [3.05, 3.63) is 65.2 Å². The SMILES string of the molecule is CC[C@@H](N)c1ccccc1OCc1ccc(C#N)cc1. The molecule has 0 bridgehead atoms. The lowest BCUT2D eigenvalue weighted by atomic mass is 10.0. The average molecular weight is 266 g/mol. The van der Waals surface area contributed by atoms with Crippen molar-refractivity contribution in [1.29, 1.82) is 5.26 Å². The summed E-state index contributed by atoms with van der Waals surface area (Å²) in [5, 5.41) is 8.77. The van der Waals surface area contributed by atoms with Gasteiger partial charge >= 0.3 is 0 Å². The minimum Gasteiger partial charge on any atom is -0.489 e. The summed E-state index contributed by atoms with van der Waals surface area (Å²) < 4.78 is 5.86. The zero-order valence-corrected chi connectivity index (χ0v) is 11.5. The smallest absolute Gasteiger partial charge is 0.124 e. The second-order valence-corrected chi connectivity index (χ2v) is 4.65. The van der Waals surface area contributed by atoms with Gasteiger partial charge in [-0.2, -0.15) is 5.26 Å². The molecule has 2 aromatic rings. The van der Waals surface area contributed by atoms with E-state index in [0.29, 0.717) is 12.2 Å². The maximum absolute atomic E-state index is 8.77. The van der Waals surface area contributed by atoms with Crippen molar-refractivity contribution < 1.29 is 4.74 Å². The Morgan fingerprint density at radius 2 is 1.85 bits per heavy atom. The lowest BCUT2D eigenvalue weighted by molar-refractivity contribution is 0.300. The first kappa shape index (κ1) is 14.1. The Morgan fingerprint density at radius 3 is 2.50 bits per heavy atom. The Bertz CT molecular complexity index is 599. The molecule has 0 radical (unpaired) electrons. The third kappa shape index (κ3) is 3.37. The lowest BCUT2D eigenvalue weighted by Crippen LogP contribution is -2.10. The number of hydrogen-bond donors (Lipinski definition) is 1. The summed E-state index contributed by atoms with van der Waals surface area (Å²) in [6.45, 7) is 2.53. The molecule has 0 amide bonds. The largest absolute Gasteiger partial charge is 0.489 e. The van der Waals surface area contributed by atoms with Crippen LogP contribution in [0.15, 0.2) is 48.5 Å². The van der Waals surface area contributed by atoms with E-state index in [-0.39, 0.29) is 6.04 Å². The normalized spacial score (nSPS) is 11.7. The monoisotopic (exact) mass is 266 g/mol. The van der Waals surface area contributed by atoms with Crippen molar-refractivity contribution in [1.82, 2.24) is 0 Å². The van der Waals surface area contributed by atoms with Crippen molar-refractivity contribution in [2.45, 2.75) is 26.0 Å². The molecule has 102 valence electrons. The number of nitriles is 1. The molecule has 3 nitrogen and oxygen atoms in total. The molecule has 1 atom stereocenters. The minimum absolute atomic E-state index is 0.00725. The molecule has 0 unspecified atom stereocenters. The molecule has 0 saturated heterocycles. The summed E-state index contributed by atoms with van der Waals surface area (Å²) in [6.07, 6.45) is 0.872. The van der Waals surface area contributed by atoms with Gasteiger partial charge in [-0.15, -0.1) is 0 Å². The van der Waals surface area contributed by atoms with Crippen LogP contribution in [0.3, 0.4) is 0 Å². The molecule has 0 aliphatic rings. The fourth-order valence-corrected chi connectivity index (χ4v) is 1.97. The quantitative estimate of drug-likeness (QED) is 0.900. The summed E-state index contributed by atoms with van der Waals surface area (Å²) in [5.41, 5.74) is 8.80. The topological polar surface area (TPSA) is 59.0 Å². The van der Waals surface area contributed by atoms with Gasteiger partial charge in [0.2, 0.25) is 0 Å². The van der Waals surface area contributed by atoms with Crippen molar-refractivity contribution in [3.63, 3.8) is 0 Å². The molecule has 0 fully saturated rings. The van der Waals surface area contributed by atoms with E-state index in [9.17, 15) is 0 Å².